The highest BCUT2D eigenvalue weighted by molar-refractivity contribution is 7.92. The van der Waals surface area contributed by atoms with Crippen molar-refractivity contribution in [3.63, 3.8) is 0 Å². The molecule has 146 valence electrons. The quantitative estimate of drug-likeness (QED) is 0.678. The van der Waals surface area contributed by atoms with Crippen molar-refractivity contribution >= 4 is 34.0 Å². The average Bonchev–Trinajstić information content (AvgIpc) is 2.55. The van der Waals surface area contributed by atoms with Crippen molar-refractivity contribution in [2.75, 3.05) is 24.4 Å². The SMILES string of the molecule is Cc1ccc(S(=O)(=O)Nc2cccc(C(=O)NCC3CNC3)c2)cc1F.Cl. The third kappa shape index (κ3) is 5.18. The van der Waals surface area contributed by atoms with E-state index in [4.69, 9.17) is 0 Å². The molecular formula is C18H21ClFN3O3S. The number of amides is 1. The fourth-order valence-electron chi connectivity index (χ4n) is 2.51. The van der Waals surface area contributed by atoms with E-state index in [1.54, 1.807) is 19.1 Å². The zero-order valence-corrected chi connectivity index (χ0v) is 16.3. The van der Waals surface area contributed by atoms with Gasteiger partial charge in [0, 0.05) is 36.8 Å². The third-order valence-corrected chi connectivity index (χ3v) is 5.63. The molecule has 0 unspecified atom stereocenters. The van der Waals surface area contributed by atoms with Gasteiger partial charge in [-0.1, -0.05) is 12.1 Å². The molecule has 27 heavy (non-hydrogen) atoms. The molecule has 0 spiro atoms. The molecule has 1 fully saturated rings. The third-order valence-electron chi connectivity index (χ3n) is 4.25. The van der Waals surface area contributed by atoms with Crippen LogP contribution < -0.4 is 15.4 Å². The molecule has 2 aromatic carbocycles. The molecule has 1 saturated heterocycles. The smallest absolute Gasteiger partial charge is 0.261 e. The van der Waals surface area contributed by atoms with E-state index in [0.29, 0.717) is 23.6 Å². The number of nitrogens with one attached hydrogen (secondary N) is 3. The van der Waals surface area contributed by atoms with Crippen LogP contribution in [0.5, 0.6) is 0 Å². The second kappa shape index (κ2) is 8.69. The Morgan fingerprint density at radius 1 is 1.22 bits per heavy atom. The monoisotopic (exact) mass is 413 g/mol. The van der Waals surface area contributed by atoms with Gasteiger partial charge in [0.2, 0.25) is 0 Å². The van der Waals surface area contributed by atoms with Gasteiger partial charge in [-0.2, -0.15) is 0 Å². The van der Waals surface area contributed by atoms with E-state index in [0.717, 1.165) is 19.2 Å². The summed E-state index contributed by atoms with van der Waals surface area (Å²) < 4.78 is 40.9. The van der Waals surface area contributed by atoms with E-state index in [9.17, 15) is 17.6 Å². The number of anilines is 1. The van der Waals surface area contributed by atoms with Crippen LogP contribution in [0, 0.1) is 18.7 Å². The molecule has 0 bridgehead atoms. The molecule has 0 saturated carbocycles. The molecule has 0 atom stereocenters. The maximum atomic E-state index is 13.7. The number of benzene rings is 2. The lowest BCUT2D eigenvalue weighted by atomic mass is 10.0. The molecular weight excluding hydrogens is 393 g/mol. The summed E-state index contributed by atoms with van der Waals surface area (Å²) in [5, 5.41) is 5.96. The molecule has 6 nitrogen and oxygen atoms in total. The van der Waals surface area contributed by atoms with Crippen LogP contribution in [0.2, 0.25) is 0 Å². The fraction of sp³-hybridized carbons (Fsp3) is 0.278. The van der Waals surface area contributed by atoms with Crippen molar-refractivity contribution in [2.45, 2.75) is 11.8 Å². The summed E-state index contributed by atoms with van der Waals surface area (Å²) in [6, 6.07) is 9.91. The van der Waals surface area contributed by atoms with Crippen LogP contribution in [-0.2, 0) is 10.0 Å². The van der Waals surface area contributed by atoms with Gasteiger partial charge in [-0.15, -0.1) is 12.4 Å². The Balaban J connectivity index is 0.00000261. The number of carbonyl (C=O) groups is 1. The highest BCUT2D eigenvalue weighted by atomic mass is 35.5. The first-order chi connectivity index (χ1) is 12.3. The van der Waals surface area contributed by atoms with E-state index in [2.05, 4.69) is 15.4 Å². The predicted molar refractivity (Wildman–Crippen MR) is 104 cm³/mol. The first-order valence-electron chi connectivity index (χ1n) is 8.23. The molecule has 1 heterocycles. The largest absolute Gasteiger partial charge is 0.352 e. The predicted octanol–water partition coefficient (Wildman–Crippen LogP) is 2.31. The highest BCUT2D eigenvalue weighted by Gasteiger charge is 2.19. The Morgan fingerprint density at radius 2 is 1.96 bits per heavy atom. The maximum absolute atomic E-state index is 13.7. The molecule has 9 heteroatoms. The Hall–Kier alpha value is -2.16. The molecule has 1 aliphatic heterocycles. The Morgan fingerprint density at radius 3 is 2.59 bits per heavy atom. The lowest BCUT2D eigenvalue weighted by molar-refractivity contribution is 0.0942. The summed E-state index contributed by atoms with van der Waals surface area (Å²) in [7, 11) is -3.95. The fourth-order valence-corrected chi connectivity index (χ4v) is 3.57. The van der Waals surface area contributed by atoms with Crippen LogP contribution in [0.15, 0.2) is 47.4 Å². The van der Waals surface area contributed by atoms with Crippen molar-refractivity contribution in [1.29, 1.82) is 0 Å². The van der Waals surface area contributed by atoms with Gasteiger partial charge in [-0.25, -0.2) is 12.8 Å². The second-order valence-electron chi connectivity index (χ2n) is 6.33. The van der Waals surface area contributed by atoms with Gasteiger partial charge in [0.25, 0.3) is 15.9 Å². The van der Waals surface area contributed by atoms with Crippen LogP contribution in [0.25, 0.3) is 0 Å². The summed E-state index contributed by atoms with van der Waals surface area (Å²) >= 11 is 0. The first-order valence-corrected chi connectivity index (χ1v) is 9.71. The normalized spacial score (nSPS) is 14.0. The van der Waals surface area contributed by atoms with E-state index < -0.39 is 15.8 Å². The number of aryl methyl sites for hydroxylation is 1. The average molecular weight is 414 g/mol. The maximum Gasteiger partial charge on any atom is 0.261 e. The molecule has 2 aromatic rings. The minimum absolute atomic E-state index is 0. The number of halogens is 2. The Kier molecular flexibility index (Phi) is 6.80. The van der Waals surface area contributed by atoms with E-state index in [1.165, 1.54) is 24.3 Å². The summed E-state index contributed by atoms with van der Waals surface area (Å²) in [6.45, 7) is 3.89. The van der Waals surface area contributed by atoms with Gasteiger partial charge in [0.05, 0.1) is 4.90 Å². The molecule has 0 radical (unpaired) electrons. The first kappa shape index (κ1) is 21.1. The second-order valence-corrected chi connectivity index (χ2v) is 8.01. The van der Waals surface area contributed by atoms with Gasteiger partial charge >= 0.3 is 0 Å². The zero-order chi connectivity index (χ0) is 18.7. The number of rotatable bonds is 6. The number of hydrogen-bond acceptors (Lipinski definition) is 4. The number of hydrogen-bond donors (Lipinski definition) is 3. The molecule has 1 amide bonds. The van der Waals surface area contributed by atoms with Crippen LogP contribution in [-0.4, -0.2) is 34.0 Å². The van der Waals surface area contributed by atoms with Gasteiger partial charge in [0.15, 0.2) is 0 Å². The van der Waals surface area contributed by atoms with Crippen LogP contribution in [0.4, 0.5) is 10.1 Å². The summed E-state index contributed by atoms with van der Waals surface area (Å²) in [5.41, 5.74) is 0.959. The zero-order valence-electron chi connectivity index (χ0n) is 14.7. The van der Waals surface area contributed by atoms with Crippen molar-refractivity contribution in [3.05, 3.63) is 59.4 Å². The molecule has 0 aromatic heterocycles. The highest BCUT2D eigenvalue weighted by Crippen LogP contribution is 2.19. The van der Waals surface area contributed by atoms with Gasteiger partial charge in [0.1, 0.15) is 5.82 Å². The number of carbonyl (C=O) groups excluding carboxylic acids is 1. The molecule has 3 N–H and O–H groups in total. The summed E-state index contributed by atoms with van der Waals surface area (Å²) in [4.78, 5) is 12.0. The van der Waals surface area contributed by atoms with Crippen molar-refractivity contribution in [1.82, 2.24) is 10.6 Å². The molecule has 0 aliphatic carbocycles. The van der Waals surface area contributed by atoms with E-state index >= 15 is 0 Å². The molecule has 1 aliphatic rings. The van der Waals surface area contributed by atoms with Crippen molar-refractivity contribution < 1.29 is 17.6 Å². The topological polar surface area (TPSA) is 87.3 Å². The van der Waals surface area contributed by atoms with Gasteiger partial charge in [-0.05, 0) is 42.8 Å². The van der Waals surface area contributed by atoms with E-state index in [-0.39, 0.29) is 28.9 Å². The molecule has 3 rings (SSSR count). The summed E-state index contributed by atoms with van der Waals surface area (Å²) in [5.74, 6) is -0.428. The van der Waals surface area contributed by atoms with Crippen molar-refractivity contribution in [2.24, 2.45) is 5.92 Å². The Bertz CT molecular complexity index is 933. The Labute approximate surface area is 164 Å². The van der Waals surface area contributed by atoms with Gasteiger partial charge in [-0.3, -0.25) is 9.52 Å². The minimum Gasteiger partial charge on any atom is -0.352 e. The standard InChI is InChI=1S/C18H20FN3O3S.ClH/c1-12-5-6-16(8-17(12)19)26(24,25)22-15-4-2-3-14(7-15)18(23)21-11-13-9-20-10-13;/h2-8,13,20,22H,9-11H2,1H3,(H,21,23);1H. The lowest BCUT2D eigenvalue weighted by Crippen LogP contribution is -2.48. The van der Waals surface area contributed by atoms with Gasteiger partial charge < -0.3 is 10.6 Å². The van der Waals surface area contributed by atoms with Crippen LogP contribution in [0.1, 0.15) is 15.9 Å². The number of sulfonamides is 1. The minimum atomic E-state index is -3.95. The van der Waals surface area contributed by atoms with E-state index in [1.807, 2.05) is 0 Å². The van der Waals surface area contributed by atoms with Crippen molar-refractivity contribution in [3.8, 4) is 0 Å². The summed E-state index contributed by atoms with van der Waals surface area (Å²) in [6.07, 6.45) is 0. The van der Waals surface area contributed by atoms with Crippen LogP contribution in [0.3, 0.4) is 0 Å². The van der Waals surface area contributed by atoms with Crippen LogP contribution >= 0.6 is 12.4 Å². The lowest BCUT2D eigenvalue weighted by Gasteiger charge is -2.27.